The third-order valence-electron chi connectivity index (χ3n) is 3.16. The molecule has 0 heterocycles. The summed E-state index contributed by atoms with van der Waals surface area (Å²) in [7, 11) is 0. The molecule has 0 aliphatic heterocycles. The lowest BCUT2D eigenvalue weighted by Crippen LogP contribution is -2.31. The zero-order valence-electron chi connectivity index (χ0n) is 8.06. The third-order valence-corrected chi connectivity index (χ3v) is 3.16. The van der Waals surface area contributed by atoms with Crippen LogP contribution in [0.3, 0.4) is 0 Å². The molecule has 11 heavy (non-hydrogen) atoms. The van der Waals surface area contributed by atoms with Gasteiger partial charge in [0.25, 0.3) is 0 Å². The highest BCUT2D eigenvalue weighted by Crippen LogP contribution is 2.43. The Morgan fingerprint density at radius 2 is 2.09 bits per heavy atom. The maximum absolute atomic E-state index is 4.13. The maximum atomic E-state index is 4.13. The molecule has 2 unspecified atom stereocenters. The van der Waals surface area contributed by atoms with Crippen molar-refractivity contribution in [3.8, 4) is 0 Å². The van der Waals surface area contributed by atoms with Crippen LogP contribution in [0.1, 0.15) is 40.0 Å². The molecule has 0 nitrogen and oxygen atoms in total. The average Bonchev–Trinajstić information content (AvgIpc) is 1.83. The molecule has 0 aromatic carbocycles. The van der Waals surface area contributed by atoms with Crippen molar-refractivity contribution in [1.82, 2.24) is 0 Å². The van der Waals surface area contributed by atoms with E-state index in [1.54, 1.807) is 0 Å². The number of hydrogen-bond donors (Lipinski definition) is 0. The van der Waals surface area contributed by atoms with Gasteiger partial charge < -0.3 is 0 Å². The van der Waals surface area contributed by atoms with Gasteiger partial charge in [0.2, 0.25) is 0 Å². The predicted molar refractivity (Wildman–Crippen MR) is 50.5 cm³/mol. The van der Waals surface area contributed by atoms with Crippen molar-refractivity contribution in [1.29, 1.82) is 0 Å². The van der Waals surface area contributed by atoms with Gasteiger partial charge in [-0.05, 0) is 37.0 Å². The van der Waals surface area contributed by atoms with Crippen LogP contribution < -0.4 is 0 Å². The zero-order chi connectivity index (χ0) is 8.43. The molecule has 0 radical (unpaired) electrons. The minimum Gasteiger partial charge on any atom is -0.0996 e. The molecule has 2 atom stereocenters. The second kappa shape index (κ2) is 3.42. The maximum Gasteiger partial charge on any atom is -0.0175 e. The summed E-state index contributed by atoms with van der Waals surface area (Å²) in [6, 6.07) is 0. The Kier molecular flexibility index (Phi) is 2.75. The van der Waals surface area contributed by atoms with Crippen molar-refractivity contribution in [3.63, 3.8) is 0 Å². The van der Waals surface area contributed by atoms with Gasteiger partial charge in [-0.1, -0.05) is 32.9 Å². The van der Waals surface area contributed by atoms with Gasteiger partial charge >= 0.3 is 0 Å². The Labute approximate surface area is 70.7 Å². The third kappa shape index (κ3) is 1.66. The van der Waals surface area contributed by atoms with Crippen LogP contribution in [0.25, 0.3) is 0 Å². The molecule has 1 fully saturated rings. The highest BCUT2D eigenvalue weighted by Gasteiger charge is 2.33. The van der Waals surface area contributed by atoms with Crippen molar-refractivity contribution in [3.05, 3.63) is 12.2 Å². The predicted octanol–water partition coefficient (Wildman–Crippen LogP) is 3.63. The molecular formula is C11H20. The van der Waals surface area contributed by atoms with Gasteiger partial charge in [0.15, 0.2) is 0 Å². The van der Waals surface area contributed by atoms with Crippen LogP contribution in [-0.2, 0) is 0 Å². The Balaban J connectivity index is 2.43. The molecule has 0 aromatic rings. The molecule has 0 bridgehead atoms. The van der Waals surface area contributed by atoms with Gasteiger partial charge in [-0.25, -0.2) is 0 Å². The molecule has 0 spiro atoms. The van der Waals surface area contributed by atoms with E-state index in [1.165, 1.54) is 24.8 Å². The highest BCUT2D eigenvalue weighted by molar-refractivity contribution is 5.07. The first-order chi connectivity index (χ1) is 5.16. The second-order valence-corrected chi connectivity index (χ2v) is 4.10. The molecule has 64 valence electrons. The largest absolute Gasteiger partial charge is 0.0996 e. The minimum atomic E-state index is 0.858. The summed E-state index contributed by atoms with van der Waals surface area (Å²) >= 11 is 0. The second-order valence-electron chi connectivity index (χ2n) is 4.10. The smallest absolute Gasteiger partial charge is 0.0175 e. The first-order valence-corrected chi connectivity index (χ1v) is 4.84. The van der Waals surface area contributed by atoms with Gasteiger partial charge in [0, 0.05) is 0 Å². The molecule has 0 amide bonds. The van der Waals surface area contributed by atoms with E-state index in [9.17, 15) is 0 Å². The quantitative estimate of drug-likeness (QED) is 0.542. The number of hydrogen-bond acceptors (Lipinski definition) is 0. The van der Waals surface area contributed by atoms with Gasteiger partial charge in [-0.3, -0.25) is 0 Å². The average molecular weight is 152 g/mol. The van der Waals surface area contributed by atoms with Crippen LogP contribution in [0.5, 0.6) is 0 Å². The van der Waals surface area contributed by atoms with Crippen LogP contribution in [0, 0.1) is 17.8 Å². The SMILES string of the molecule is C=C(CC)C1CCC1C(C)C. The summed E-state index contributed by atoms with van der Waals surface area (Å²) in [5, 5.41) is 0. The van der Waals surface area contributed by atoms with E-state index in [2.05, 4.69) is 27.4 Å². The van der Waals surface area contributed by atoms with Crippen molar-refractivity contribution in [2.75, 3.05) is 0 Å². The van der Waals surface area contributed by atoms with E-state index < -0.39 is 0 Å². The number of rotatable bonds is 3. The van der Waals surface area contributed by atoms with Gasteiger partial charge in [-0.15, -0.1) is 0 Å². The molecule has 1 aliphatic carbocycles. The highest BCUT2D eigenvalue weighted by atomic mass is 14.4. The van der Waals surface area contributed by atoms with E-state index in [4.69, 9.17) is 0 Å². The topological polar surface area (TPSA) is 0 Å². The van der Waals surface area contributed by atoms with E-state index >= 15 is 0 Å². The Morgan fingerprint density at radius 1 is 1.45 bits per heavy atom. The van der Waals surface area contributed by atoms with Crippen LogP contribution in [0.15, 0.2) is 12.2 Å². The van der Waals surface area contributed by atoms with Crippen molar-refractivity contribution < 1.29 is 0 Å². The summed E-state index contributed by atoms with van der Waals surface area (Å²) in [6.45, 7) is 11.0. The monoisotopic (exact) mass is 152 g/mol. The van der Waals surface area contributed by atoms with Crippen LogP contribution in [0.4, 0.5) is 0 Å². The molecule has 0 heteroatoms. The van der Waals surface area contributed by atoms with E-state index in [-0.39, 0.29) is 0 Å². The molecule has 1 rings (SSSR count). The summed E-state index contributed by atoms with van der Waals surface area (Å²) in [6.07, 6.45) is 4.00. The first-order valence-electron chi connectivity index (χ1n) is 4.84. The minimum absolute atomic E-state index is 0.858. The summed E-state index contributed by atoms with van der Waals surface area (Å²) < 4.78 is 0. The van der Waals surface area contributed by atoms with Crippen LogP contribution in [0.2, 0.25) is 0 Å². The van der Waals surface area contributed by atoms with E-state index in [0.29, 0.717) is 0 Å². The van der Waals surface area contributed by atoms with Gasteiger partial charge in [0.05, 0.1) is 0 Å². The molecule has 0 aromatic heterocycles. The van der Waals surface area contributed by atoms with Crippen molar-refractivity contribution >= 4 is 0 Å². The molecule has 1 saturated carbocycles. The number of allylic oxidation sites excluding steroid dienone is 1. The summed E-state index contributed by atoms with van der Waals surface area (Å²) in [5.74, 6) is 2.67. The van der Waals surface area contributed by atoms with Gasteiger partial charge in [-0.2, -0.15) is 0 Å². The Bertz CT molecular complexity index is 144. The van der Waals surface area contributed by atoms with Crippen LogP contribution >= 0.6 is 0 Å². The lowest BCUT2D eigenvalue weighted by Gasteiger charge is -2.40. The fourth-order valence-corrected chi connectivity index (χ4v) is 2.09. The van der Waals surface area contributed by atoms with Crippen molar-refractivity contribution in [2.24, 2.45) is 17.8 Å². The standard InChI is InChI=1S/C11H20/c1-5-9(4)11-7-6-10(11)8(2)3/h8,10-11H,4-7H2,1-3H3. The van der Waals surface area contributed by atoms with Crippen molar-refractivity contribution in [2.45, 2.75) is 40.0 Å². The van der Waals surface area contributed by atoms with E-state index in [0.717, 1.165) is 17.8 Å². The lowest BCUT2D eigenvalue weighted by atomic mass is 9.65. The molecule has 1 aliphatic rings. The summed E-state index contributed by atoms with van der Waals surface area (Å²) in [4.78, 5) is 0. The summed E-state index contributed by atoms with van der Waals surface area (Å²) in [5.41, 5.74) is 1.48. The van der Waals surface area contributed by atoms with E-state index in [1.807, 2.05) is 0 Å². The first kappa shape index (κ1) is 8.83. The normalized spacial score (nSPS) is 30.2. The molecule has 0 saturated heterocycles. The Morgan fingerprint density at radius 3 is 2.36 bits per heavy atom. The lowest BCUT2D eigenvalue weighted by molar-refractivity contribution is 0.151. The fraction of sp³-hybridized carbons (Fsp3) is 0.818. The molecule has 0 N–H and O–H groups in total. The molecular weight excluding hydrogens is 132 g/mol. The van der Waals surface area contributed by atoms with Gasteiger partial charge in [0.1, 0.15) is 0 Å². The fourth-order valence-electron chi connectivity index (χ4n) is 2.09. The van der Waals surface area contributed by atoms with Crippen LogP contribution in [-0.4, -0.2) is 0 Å². The zero-order valence-corrected chi connectivity index (χ0v) is 8.06. The Hall–Kier alpha value is -0.260.